The molecule has 0 heterocycles. The summed E-state index contributed by atoms with van der Waals surface area (Å²) < 4.78 is 37.8. The summed E-state index contributed by atoms with van der Waals surface area (Å²) >= 11 is 0. The van der Waals surface area contributed by atoms with Crippen LogP contribution in [0.25, 0.3) is 0 Å². The average molecular weight is 335 g/mol. The fourth-order valence-electron chi connectivity index (χ4n) is 2.20. The molecule has 0 saturated carbocycles. The van der Waals surface area contributed by atoms with Crippen molar-refractivity contribution in [3.05, 3.63) is 59.9 Å². The maximum Gasteiger partial charge on any atom is 0.225 e. The lowest BCUT2D eigenvalue weighted by molar-refractivity contribution is -0.115. The van der Waals surface area contributed by atoms with Crippen LogP contribution >= 0.6 is 0 Å². The predicted octanol–water partition coefficient (Wildman–Crippen LogP) is 3.19. The van der Waals surface area contributed by atoms with Crippen LogP contribution in [0.2, 0.25) is 0 Å². The fraction of sp³-hybridized carbons (Fsp3) is 0.235. The summed E-state index contributed by atoms with van der Waals surface area (Å²) in [7, 11) is -3.83. The number of carbonyl (C=O) groups is 1. The van der Waals surface area contributed by atoms with Crippen molar-refractivity contribution in [1.29, 1.82) is 0 Å². The van der Waals surface area contributed by atoms with Gasteiger partial charge in [-0.05, 0) is 30.2 Å². The molecule has 0 atom stereocenters. The molecule has 2 aromatic carbocycles. The van der Waals surface area contributed by atoms with E-state index in [1.165, 1.54) is 18.2 Å². The Kier molecular flexibility index (Phi) is 5.50. The molecule has 0 aliphatic heterocycles. The zero-order valence-corrected chi connectivity index (χ0v) is 13.6. The molecular formula is C17H18FNO3S. The molecule has 2 aromatic rings. The molecule has 0 unspecified atom stereocenters. The van der Waals surface area contributed by atoms with Gasteiger partial charge in [0.25, 0.3) is 0 Å². The SMILES string of the molecule is CCc1ccccc1NC(=O)CCS(=O)(=O)c1ccccc1F. The summed E-state index contributed by atoms with van der Waals surface area (Å²) in [6.07, 6.45) is 0.526. The number of hydrogen-bond acceptors (Lipinski definition) is 3. The lowest BCUT2D eigenvalue weighted by Gasteiger charge is -2.10. The minimum absolute atomic E-state index is 0.227. The first-order chi connectivity index (χ1) is 10.9. The van der Waals surface area contributed by atoms with E-state index in [1.807, 2.05) is 19.1 Å². The van der Waals surface area contributed by atoms with Gasteiger partial charge < -0.3 is 5.32 Å². The number of amides is 1. The third-order valence-corrected chi connectivity index (χ3v) is 5.18. The fourth-order valence-corrected chi connectivity index (χ4v) is 3.52. The number of aryl methyl sites for hydroxylation is 1. The van der Waals surface area contributed by atoms with Crippen LogP contribution < -0.4 is 5.32 Å². The number of nitrogens with one attached hydrogen (secondary N) is 1. The van der Waals surface area contributed by atoms with Crippen LogP contribution in [0.3, 0.4) is 0 Å². The molecule has 0 saturated heterocycles. The highest BCUT2D eigenvalue weighted by Crippen LogP contribution is 2.18. The van der Waals surface area contributed by atoms with Crippen LogP contribution in [0.15, 0.2) is 53.4 Å². The summed E-state index contributed by atoms with van der Waals surface area (Å²) in [4.78, 5) is 11.6. The molecule has 2 rings (SSSR count). The van der Waals surface area contributed by atoms with Gasteiger partial charge in [0.1, 0.15) is 10.7 Å². The van der Waals surface area contributed by atoms with E-state index >= 15 is 0 Å². The monoisotopic (exact) mass is 335 g/mol. The van der Waals surface area contributed by atoms with Gasteiger partial charge in [0, 0.05) is 12.1 Å². The Morgan fingerprint density at radius 3 is 2.43 bits per heavy atom. The van der Waals surface area contributed by atoms with Gasteiger partial charge in [0.15, 0.2) is 9.84 Å². The summed E-state index contributed by atoms with van der Waals surface area (Å²) in [5.74, 6) is -1.65. The van der Waals surface area contributed by atoms with E-state index in [2.05, 4.69) is 5.32 Å². The van der Waals surface area contributed by atoms with Gasteiger partial charge in [-0.1, -0.05) is 37.3 Å². The highest BCUT2D eigenvalue weighted by Gasteiger charge is 2.20. The van der Waals surface area contributed by atoms with Crippen LogP contribution in [-0.4, -0.2) is 20.1 Å². The molecule has 122 valence electrons. The molecule has 0 spiro atoms. The molecule has 0 aliphatic carbocycles. The molecule has 4 nitrogen and oxygen atoms in total. The third kappa shape index (κ3) is 4.39. The van der Waals surface area contributed by atoms with Gasteiger partial charge in [0.05, 0.1) is 5.75 Å². The number of anilines is 1. The summed E-state index contributed by atoms with van der Waals surface area (Å²) in [6.45, 7) is 1.97. The Bertz CT molecular complexity index is 803. The summed E-state index contributed by atoms with van der Waals surface area (Å²) in [5.41, 5.74) is 1.64. The molecular weight excluding hydrogens is 317 g/mol. The first-order valence-electron chi connectivity index (χ1n) is 7.29. The van der Waals surface area contributed by atoms with E-state index in [0.29, 0.717) is 5.69 Å². The Morgan fingerprint density at radius 2 is 1.74 bits per heavy atom. The number of carbonyl (C=O) groups excluding carboxylic acids is 1. The second-order valence-electron chi connectivity index (χ2n) is 5.06. The highest BCUT2D eigenvalue weighted by molar-refractivity contribution is 7.91. The molecule has 1 N–H and O–H groups in total. The molecule has 1 amide bonds. The molecule has 23 heavy (non-hydrogen) atoms. The van der Waals surface area contributed by atoms with Crippen molar-refractivity contribution in [3.8, 4) is 0 Å². The standard InChI is InChI=1S/C17H18FNO3S/c1-2-13-7-3-5-9-15(13)19-17(20)11-12-23(21,22)16-10-6-4-8-14(16)18/h3-10H,2,11-12H2,1H3,(H,19,20). The van der Waals surface area contributed by atoms with Gasteiger partial charge in [0.2, 0.25) is 5.91 Å². The van der Waals surface area contributed by atoms with Crippen LogP contribution in [0.4, 0.5) is 10.1 Å². The minimum Gasteiger partial charge on any atom is -0.326 e. The number of benzene rings is 2. The van der Waals surface area contributed by atoms with Gasteiger partial charge in [-0.25, -0.2) is 12.8 Å². The van der Waals surface area contributed by atoms with Crippen molar-refractivity contribution >= 4 is 21.4 Å². The Hall–Kier alpha value is -2.21. The average Bonchev–Trinajstić information content (AvgIpc) is 2.54. The lowest BCUT2D eigenvalue weighted by Crippen LogP contribution is -2.18. The molecule has 0 radical (unpaired) electrons. The van der Waals surface area contributed by atoms with Crippen LogP contribution in [-0.2, 0) is 21.1 Å². The molecule has 0 fully saturated rings. The van der Waals surface area contributed by atoms with Crippen molar-refractivity contribution in [2.24, 2.45) is 0 Å². The van der Waals surface area contributed by atoms with E-state index in [4.69, 9.17) is 0 Å². The molecule has 0 aromatic heterocycles. The van der Waals surface area contributed by atoms with E-state index < -0.39 is 27.3 Å². The summed E-state index contributed by atoms with van der Waals surface area (Å²) in [5, 5.41) is 2.70. The van der Waals surface area contributed by atoms with Crippen molar-refractivity contribution < 1.29 is 17.6 Å². The largest absolute Gasteiger partial charge is 0.326 e. The number of rotatable bonds is 6. The number of sulfone groups is 1. The van der Waals surface area contributed by atoms with Crippen molar-refractivity contribution in [2.45, 2.75) is 24.7 Å². The van der Waals surface area contributed by atoms with Gasteiger partial charge in [-0.15, -0.1) is 0 Å². The van der Waals surface area contributed by atoms with E-state index in [-0.39, 0.29) is 11.3 Å². The van der Waals surface area contributed by atoms with Crippen LogP contribution in [0, 0.1) is 5.82 Å². The van der Waals surface area contributed by atoms with Gasteiger partial charge in [-0.2, -0.15) is 0 Å². The smallest absolute Gasteiger partial charge is 0.225 e. The first kappa shape index (κ1) is 17.1. The highest BCUT2D eigenvalue weighted by atomic mass is 32.2. The quantitative estimate of drug-likeness (QED) is 0.882. The van der Waals surface area contributed by atoms with Crippen molar-refractivity contribution in [3.63, 3.8) is 0 Å². The summed E-state index contributed by atoms with van der Waals surface area (Å²) in [6, 6.07) is 12.5. The second kappa shape index (κ2) is 7.37. The zero-order valence-electron chi connectivity index (χ0n) is 12.8. The predicted molar refractivity (Wildman–Crippen MR) is 87.5 cm³/mol. The van der Waals surface area contributed by atoms with Gasteiger partial charge in [-0.3, -0.25) is 4.79 Å². The van der Waals surface area contributed by atoms with Crippen LogP contribution in [0.5, 0.6) is 0 Å². The zero-order chi connectivity index (χ0) is 16.9. The lowest BCUT2D eigenvalue weighted by atomic mass is 10.1. The molecule has 0 bridgehead atoms. The topological polar surface area (TPSA) is 63.2 Å². The van der Waals surface area contributed by atoms with Crippen molar-refractivity contribution in [1.82, 2.24) is 0 Å². The number of para-hydroxylation sites is 1. The van der Waals surface area contributed by atoms with Crippen molar-refractivity contribution in [2.75, 3.05) is 11.1 Å². The molecule has 6 heteroatoms. The minimum atomic E-state index is -3.83. The van der Waals surface area contributed by atoms with Crippen LogP contribution in [0.1, 0.15) is 18.9 Å². The van der Waals surface area contributed by atoms with E-state index in [1.54, 1.807) is 12.1 Å². The van der Waals surface area contributed by atoms with E-state index in [9.17, 15) is 17.6 Å². The Balaban J connectivity index is 2.03. The Labute approximate surface area is 135 Å². The maximum absolute atomic E-state index is 13.6. The van der Waals surface area contributed by atoms with Gasteiger partial charge >= 0.3 is 0 Å². The first-order valence-corrected chi connectivity index (χ1v) is 8.94. The second-order valence-corrected chi connectivity index (χ2v) is 7.14. The molecule has 0 aliphatic rings. The number of halogens is 1. The normalized spacial score (nSPS) is 11.2. The number of hydrogen-bond donors (Lipinski definition) is 1. The third-order valence-electron chi connectivity index (χ3n) is 3.44. The maximum atomic E-state index is 13.6. The van der Waals surface area contributed by atoms with E-state index in [0.717, 1.165) is 18.1 Å². The Morgan fingerprint density at radius 1 is 1.09 bits per heavy atom.